The highest BCUT2D eigenvalue weighted by molar-refractivity contribution is 7.16. The third-order valence-corrected chi connectivity index (χ3v) is 15.4. The number of fused-ring (bicyclic) bond motifs is 6. The van der Waals surface area contributed by atoms with Crippen molar-refractivity contribution in [2.75, 3.05) is 0 Å². The lowest BCUT2D eigenvalue weighted by Gasteiger charge is -2.25. The van der Waals surface area contributed by atoms with Crippen molar-refractivity contribution in [3.8, 4) is 43.1 Å². The van der Waals surface area contributed by atoms with E-state index in [0.29, 0.717) is 20.9 Å². The molecule has 2 nitrogen and oxygen atoms in total. The summed E-state index contributed by atoms with van der Waals surface area (Å²) in [6.07, 6.45) is 0. The van der Waals surface area contributed by atoms with Crippen LogP contribution in [0.25, 0.3) is 97.9 Å². The van der Waals surface area contributed by atoms with Gasteiger partial charge in [-0.15, -0.1) is 22.7 Å². The van der Waals surface area contributed by atoms with E-state index in [1.54, 1.807) is 0 Å². The molecule has 0 unspecified atom stereocenters. The molecule has 65 heavy (non-hydrogen) atoms. The van der Waals surface area contributed by atoms with Crippen molar-refractivity contribution in [1.82, 2.24) is 9.13 Å². The van der Waals surface area contributed by atoms with Crippen molar-refractivity contribution in [3.63, 3.8) is 0 Å². The molecule has 6 aromatic carbocycles. The number of aryl methyl sites for hydroxylation is 4. The van der Waals surface area contributed by atoms with Crippen LogP contribution in [0.1, 0.15) is 34.7 Å². The number of alkyl halides is 6. The Labute approximate surface area is 379 Å². The van der Waals surface area contributed by atoms with E-state index in [4.69, 9.17) is 0 Å². The summed E-state index contributed by atoms with van der Waals surface area (Å²) in [6.45, 7) is 8.92. The minimum absolute atomic E-state index is 0.239. The Morgan fingerprint density at radius 2 is 0.738 bits per heavy atom. The molecule has 4 heterocycles. The lowest BCUT2D eigenvalue weighted by Crippen LogP contribution is -2.48. The van der Waals surface area contributed by atoms with Crippen molar-refractivity contribution < 1.29 is 26.3 Å². The Balaban J connectivity index is 0.940. The summed E-state index contributed by atoms with van der Waals surface area (Å²) in [7, 11) is 0. The fourth-order valence-electron chi connectivity index (χ4n) is 9.98. The maximum atomic E-state index is 16.2. The van der Waals surface area contributed by atoms with Gasteiger partial charge >= 0.3 is 17.8 Å². The Kier molecular flexibility index (Phi) is 9.44. The molecule has 0 aliphatic heterocycles. The van der Waals surface area contributed by atoms with Gasteiger partial charge in [-0.25, -0.2) is 0 Å². The van der Waals surface area contributed by atoms with Gasteiger partial charge in [0.05, 0.1) is 0 Å². The summed E-state index contributed by atoms with van der Waals surface area (Å²) in [5, 5.41) is 4.57. The zero-order valence-corrected chi connectivity index (χ0v) is 37.4. The summed E-state index contributed by atoms with van der Waals surface area (Å²) in [4.78, 5) is 1.49. The van der Waals surface area contributed by atoms with E-state index in [2.05, 4.69) is 83.6 Å². The second kappa shape index (κ2) is 14.8. The highest BCUT2D eigenvalue weighted by Crippen LogP contribution is 2.66. The number of hydrogen-bond donors (Lipinski definition) is 0. The van der Waals surface area contributed by atoms with E-state index in [1.807, 2.05) is 72.8 Å². The average Bonchev–Trinajstić information content (AvgIpc) is 4.08. The van der Waals surface area contributed by atoms with Crippen molar-refractivity contribution in [2.45, 2.75) is 58.6 Å². The molecule has 0 fully saturated rings. The van der Waals surface area contributed by atoms with Crippen molar-refractivity contribution in [1.29, 1.82) is 0 Å². The van der Waals surface area contributed by atoms with Crippen molar-refractivity contribution in [3.05, 3.63) is 166 Å². The molecule has 0 saturated heterocycles. The van der Waals surface area contributed by atoms with E-state index >= 15 is 26.3 Å². The molecule has 0 N–H and O–H groups in total. The molecule has 0 saturated carbocycles. The highest BCUT2D eigenvalue weighted by Gasteiger charge is 2.80. The van der Waals surface area contributed by atoms with E-state index in [1.165, 1.54) is 26.0 Å². The molecule has 4 aromatic heterocycles. The smallest absolute Gasteiger partial charge is 0.341 e. The van der Waals surface area contributed by atoms with Crippen LogP contribution in [0.5, 0.6) is 0 Å². The van der Waals surface area contributed by atoms with Crippen molar-refractivity contribution >= 4 is 77.4 Å². The first-order valence-corrected chi connectivity index (χ1v) is 23.2. The highest BCUT2D eigenvalue weighted by atomic mass is 32.1. The van der Waals surface area contributed by atoms with Gasteiger partial charge in [0.25, 0.3) is 0 Å². The molecular formula is C55H40F6N2S2. The van der Waals surface area contributed by atoms with Crippen LogP contribution in [0.3, 0.4) is 0 Å². The van der Waals surface area contributed by atoms with Crippen LogP contribution in [0.2, 0.25) is 0 Å². The third kappa shape index (κ3) is 6.06. The number of aromatic nitrogens is 2. The first-order chi connectivity index (χ1) is 31.2. The Morgan fingerprint density at radius 1 is 0.400 bits per heavy atom. The van der Waals surface area contributed by atoms with Crippen LogP contribution in [-0.2, 0) is 13.1 Å². The third-order valence-electron chi connectivity index (χ3n) is 13.2. The number of para-hydroxylation sites is 2. The minimum Gasteiger partial charge on any atom is -0.341 e. The first kappa shape index (κ1) is 41.4. The van der Waals surface area contributed by atoms with E-state index in [0.717, 1.165) is 102 Å². The van der Waals surface area contributed by atoms with Crippen LogP contribution in [0, 0.1) is 13.8 Å². The lowest BCUT2D eigenvalue weighted by molar-refractivity contribution is -0.254. The van der Waals surface area contributed by atoms with Crippen LogP contribution in [-0.4, -0.2) is 26.9 Å². The predicted octanol–water partition coefficient (Wildman–Crippen LogP) is 17.2. The normalized spacial score (nSPS) is 15.7. The number of benzene rings is 6. The van der Waals surface area contributed by atoms with Crippen LogP contribution < -0.4 is 0 Å². The second-order valence-electron chi connectivity index (χ2n) is 16.8. The number of nitrogens with zero attached hydrogens (tertiary/aromatic N) is 2. The van der Waals surface area contributed by atoms with Gasteiger partial charge < -0.3 is 9.13 Å². The molecule has 0 spiro atoms. The molecule has 10 aromatic rings. The summed E-state index contributed by atoms with van der Waals surface area (Å²) in [5.74, 6) is -16.0. The molecule has 10 heteroatoms. The largest absolute Gasteiger partial charge is 0.380 e. The number of allylic oxidation sites excluding steroid dienone is 2. The van der Waals surface area contributed by atoms with Crippen LogP contribution >= 0.6 is 22.7 Å². The molecule has 324 valence electrons. The maximum absolute atomic E-state index is 16.2. The summed E-state index contributed by atoms with van der Waals surface area (Å²) in [5.41, 5.74) is 6.47. The van der Waals surface area contributed by atoms with Gasteiger partial charge in [0.2, 0.25) is 0 Å². The van der Waals surface area contributed by atoms with Crippen LogP contribution in [0.4, 0.5) is 26.3 Å². The van der Waals surface area contributed by atoms with Crippen LogP contribution in [0.15, 0.2) is 146 Å². The van der Waals surface area contributed by atoms with Gasteiger partial charge in [-0.05, 0) is 121 Å². The summed E-state index contributed by atoms with van der Waals surface area (Å²) >= 11 is 2.23. The topological polar surface area (TPSA) is 9.86 Å². The Morgan fingerprint density at radius 3 is 1.12 bits per heavy atom. The molecule has 0 radical (unpaired) electrons. The SMILES string of the molecule is CCn1c2ccccc2c2cc(-c3ccc(-c4cc(C5=C(c6cc(-c7ccc(-c8ccc9c(c8)c8ccccc8n9CC)cc7)sc6C)C(F)(F)C(F)(F)C5(F)F)c(C)s4)cc3)ccc21. The quantitative estimate of drug-likeness (QED) is 0.134. The molecule has 0 amide bonds. The fourth-order valence-corrected chi connectivity index (χ4v) is 12.0. The molecule has 1 aliphatic rings. The fraction of sp³-hybridized carbons (Fsp3) is 0.164. The number of rotatable bonds is 8. The number of halogens is 6. The average molecular weight is 907 g/mol. The van der Waals surface area contributed by atoms with E-state index in [-0.39, 0.29) is 20.9 Å². The van der Waals surface area contributed by atoms with Gasteiger partial charge in [-0.2, -0.15) is 26.3 Å². The number of hydrogen-bond acceptors (Lipinski definition) is 2. The maximum Gasteiger partial charge on any atom is 0.380 e. The van der Waals surface area contributed by atoms with Gasteiger partial charge in [-0.1, -0.05) is 97.1 Å². The lowest BCUT2D eigenvalue weighted by atomic mass is 9.94. The zero-order chi connectivity index (χ0) is 45.2. The van der Waals surface area contributed by atoms with E-state index < -0.39 is 28.9 Å². The predicted molar refractivity (Wildman–Crippen MR) is 259 cm³/mol. The van der Waals surface area contributed by atoms with Gasteiger partial charge in [0, 0.05) is 87.4 Å². The molecule has 11 rings (SSSR count). The summed E-state index contributed by atoms with van der Waals surface area (Å²) in [6, 6.07) is 47.0. The molecule has 1 aliphatic carbocycles. The Hall–Kier alpha value is -6.36. The first-order valence-electron chi connectivity index (χ1n) is 21.6. The minimum atomic E-state index is -5.66. The second-order valence-corrected chi connectivity index (χ2v) is 19.3. The van der Waals surface area contributed by atoms with Gasteiger partial charge in [-0.3, -0.25) is 0 Å². The van der Waals surface area contributed by atoms with E-state index in [9.17, 15) is 0 Å². The standard InChI is InChI=1S/C55H40F6N2S2/c1-5-62-45-13-9-7-11-39(45)43-27-37(23-25-47(43)62)33-15-19-35(20-16-33)49-29-41(31(3)64-49)51-52(54(58,59)55(60,61)53(51,56)57)42-30-50(65-32(42)4)36-21-17-34(18-22-36)38-24-26-48-44(28-38)40-12-8-10-14-46(40)63(48)6-2/h7-30H,5-6H2,1-4H3. The summed E-state index contributed by atoms with van der Waals surface area (Å²) < 4.78 is 100. The van der Waals surface area contributed by atoms with Gasteiger partial charge in [0.1, 0.15) is 0 Å². The molecule has 0 atom stereocenters. The number of thiophene rings is 2. The zero-order valence-electron chi connectivity index (χ0n) is 35.7. The monoisotopic (exact) mass is 906 g/mol. The van der Waals surface area contributed by atoms with Gasteiger partial charge in [0.15, 0.2) is 0 Å². The Bertz CT molecular complexity index is 3330. The van der Waals surface area contributed by atoms with Crippen molar-refractivity contribution in [2.24, 2.45) is 0 Å². The molecular weight excluding hydrogens is 867 g/mol. The molecule has 0 bridgehead atoms.